The van der Waals surface area contributed by atoms with E-state index in [9.17, 15) is 18.8 Å². The fraction of sp³-hybridized carbons (Fsp3) is 0.526. The van der Waals surface area contributed by atoms with Crippen molar-refractivity contribution in [3.63, 3.8) is 0 Å². The molecule has 2 heterocycles. The summed E-state index contributed by atoms with van der Waals surface area (Å²) in [6, 6.07) is 5.41. The molecule has 0 aliphatic carbocycles. The zero-order chi connectivity index (χ0) is 19.6. The van der Waals surface area contributed by atoms with Crippen LogP contribution in [0, 0.1) is 11.7 Å². The Kier molecular flexibility index (Phi) is 5.46. The molecule has 0 spiro atoms. The van der Waals surface area contributed by atoms with E-state index in [2.05, 4.69) is 10.6 Å². The zero-order valence-corrected chi connectivity index (χ0v) is 15.6. The Morgan fingerprint density at radius 2 is 1.85 bits per heavy atom. The number of carbonyl (C=O) groups is 3. The van der Waals surface area contributed by atoms with Gasteiger partial charge in [-0.15, -0.1) is 0 Å². The monoisotopic (exact) mass is 376 g/mol. The van der Waals surface area contributed by atoms with Gasteiger partial charge in [-0.2, -0.15) is 0 Å². The van der Waals surface area contributed by atoms with Gasteiger partial charge in [0.1, 0.15) is 17.9 Å². The lowest BCUT2D eigenvalue weighted by Gasteiger charge is -2.38. The summed E-state index contributed by atoms with van der Waals surface area (Å²) in [5.74, 6) is -1.10. The van der Waals surface area contributed by atoms with E-state index in [0.717, 1.165) is 36.4 Å². The van der Waals surface area contributed by atoms with Gasteiger partial charge in [0.2, 0.25) is 5.91 Å². The van der Waals surface area contributed by atoms with Gasteiger partial charge in [0.15, 0.2) is 0 Å². The molecule has 2 fully saturated rings. The Bertz CT molecular complexity index is 731. The number of urea groups is 1. The molecule has 7 nitrogen and oxygen atoms in total. The number of amides is 4. The van der Waals surface area contributed by atoms with Crippen LogP contribution >= 0.6 is 0 Å². The Balaban J connectivity index is 1.92. The van der Waals surface area contributed by atoms with Crippen LogP contribution in [0.2, 0.25) is 0 Å². The molecule has 2 saturated heterocycles. The second kappa shape index (κ2) is 7.64. The van der Waals surface area contributed by atoms with E-state index in [1.807, 2.05) is 0 Å². The van der Waals surface area contributed by atoms with Crippen LogP contribution < -0.4 is 10.6 Å². The fourth-order valence-electron chi connectivity index (χ4n) is 3.84. The molecule has 4 amide bonds. The van der Waals surface area contributed by atoms with Crippen LogP contribution in [0.15, 0.2) is 24.3 Å². The molecule has 0 aromatic heterocycles. The quantitative estimate of drug-likeness (QED) is 0.743. The van der Waals surface area contributed by atoms with Crippen molar-refractivity contribution in [3.05, 3.63) is 35.6 Å². The summed E-state index contributed by atoms with van der Waals surface area (Å²) in [6.07, 6.45) is 1.75. The largest absolute Gasteiger partial charge is 0.347 e. The van der Waals surface area contributed by atoms with Gasteiger partial charge in [0.25, 0.3) is 5.91 Å². The molecule has 27 heavy (non-hydrogen) atoms. The average molecular weight is 376 g/mol. The summed E-state index contributed by atoms with van der Waals surface area (Å²) in [5.41, 5.74) is -0.340. The van der Waals surface area contributed by atoms with Crippen molar-refractivity contribution < 1.29 is 18.8 Å². The van der Waals surface area contributed by atoms with E-state index in [-0.39, 0.29) is 36.5 Å². The second-order valence-electron chi connectivity index (χ2n) is 7.41. The molecule has 0 saturated carbocycles. The number of piperidine rings is 1. The molecule has 3 rings (SSSR count). The number of imide groups is 1. The Morgan fingerprint density at radius 3 is 2.44 bits per heavy atom. The first-order valence-corrected chi connectivity index (χ1v) is 9.13. The van der Waals surface area contributed by atoms with Crippen LogP contribution in [0.1, 0.15) is 18.4 Å². The third-order valence-corrected chi connectivity index (χ3v) is 5.43. The van der Waals surface area contributed by atoms with Crippen LogP contribution in [-0.2, 0) is 16.0 Å². The number of hydrogen-bond donors (Lipinski definition) is 2. The van der Waals surface area contributed by atoms with Crippen LogP contribution in [0.5, 0.6) is 0 Å². The maximum Gasteiger partial charge on any atom is 0.325 e. The van der Waals surface area contributed by atoms with Gasteiger partial charge in [0.05, 0.1) is 0 Å². The topological polar surface area (TPSA) is 81.8 Å². The van der Waals surface area contributed by atoms with Gasteiger partial charge < -0.3 is 15.5 Å². The SMILES string of the molecule is CN(C)C(=O)CN1C(=O)N[C@@](Cc2ccc(F)cc2)(C2CCNCC2)C1=O. The first kappa shape index (κ1) is 19.3. The maximum atomic E-state index is 13.3. The highest BCUT2D eigenvalue weighted by Crippen LogP contribution is 2.35. The highest BCUT2D eigenvalue weighted by atomic mass is 19.1. The minimum Gasteiger partial charge on any atom is -0.347 e. The van der Waals surface area contributed by atoms with Gasteiger partial charge in [-0.05, 0) is 49.5 Å². The van der Waals surface area contributed by atoms with E-state index < -0.39 is 11.6 Å². The van der Waals surface area contributed by atoms with Gasteiger partial charge in [-0.3, -0.25) is 14.5 Å². The lowest BCUT2D eigenvalue weighted by molar-refractivity contribution is -0.139. The molecular weight excluding hydrogens is 351 g/mol. The van der Waals surface area contributed by atoms with E-state index in [0.29, 0.717) is 0 Å². The van der Waals surface area contributed by atoms with Crippen molar-refractivity contribution in [1.29, 1.82) is 0 Å². The maximum absolute atomic E-state index is 13.3. The summed E-state index contributed by atoms with van der Waals surface area (Å²) in [7, 11) is 3.17. The van der Waals surface area contributed by atoms with Gasteiger partial charge in [-0.25, -0.2) is 9.18 Å². The van der Waals surface area contributed by atoms with Gasteiger partial charge in [-0.1, -0.05) is 12.1 Å². The number of carbonyl (C=O) groups excluding carboxylic acids is 3. The van der Waals surface area contributed by atoms with E-state index in [4.69, 9.17) is 0 Å². The zero-order valence-electron chi connectivity index (χ0n) is 15.6. The van der Waals surface area contributed by atoms with Crippen molar-refractivity contribution in [3.8, 4) is 0 Å². The molecule has 1 aromatic rings. The minimum absolute atomic E-state index is 0.0558. The highest BCUT2D eigenvalue weighted by Gasteiger charge is 2.55. The normalized spacial score (nSPS) is 23.4. The number of nitrogens with one attached hydrogen (secondary N) is 2. The summed E-state index contributed by atoms with van der Waals surface area (Å²) >= 11 is 0. The molecular formula is C19H25FN4O3. The predicted octanol–water partition coefficient (Wildman–Crippen LogP) is 0.747. The first-order chi connectivity index (χ1) is 12.8. The molecule has 1 atom stereocenters. The van der Waals surface area contributed by atoms with E-state index >= 15 is 0 Å². The van der Waals surface area contributed by atoms with Crippen LogP contribution in [-0.4, -0.2) is 66.9 Å². The molecule has 0 bridgehead atoms. The van der Waals surface area contributed by atoms with Crippen LogP contribution in [0.4, 0.5) is 9.18 Å². The van der Waals surface area contributed by atoms with Crippen molar-refractivity contribution in [2.45, 2.75) is 24.8 Å². The lowest BCUT2D eigenvalue weighted by Crippen LogP contribution is -2.57. The molecule has 2 aliphatic heterocycles. The van der Waals surface area contributed by atoms with E-state index in [1.165, 1.54) is 17.0 Å². The van der Waals surface area contributed by atoms with E-state index in [1.54, 1.807) is 26.2 Å². The Labute approximate surface area is 157 Å². The van der Waals surface area contributed by atoms with Crippen molar-refractivity contribution in [2.75, 3.05) is 33.7 Å². The number of halogens is 1. The molecule has 146 valence electrons. The second-order valence-corrected chi connectivity index (χ2v) is 7.41. The minimum atomic E-state index is -1.11. The number of rotatable bonds is 5. The third kappa shape index (κ3) is 3.80. The standard InChI is InChI=1S/C19H25FN4O3/c1-23(2)16(25)12-24-17(26)19(22-18(24)27,14-7-9-21-10-8-14)11-13-3-5-15(20)6-4-13/h3-6,14,21H,7-12H2,1-2H3,(H,22,27)/t19-/m0/s1. The summed E-state index contributed by atoms with van der Waals surface area (Å²) in [5, 5.41) is 6.15. The van der Waals surface area contributed by atoms with Gasteiger partial charge in [0, 0.05) is 20.5 Å². The fourth-order valence-corrected chi connectivity index (χ4v) is 3.84. The third-order valence-electron chi connectivity index (χ3n) is 5.43. The number of nitrogens with zero attached hydrogens (tertiary/aromatic N) is 2. The number of benzene rings is 1. The smallest absolute Gasteiger partial charge is 0.325 e. The summed E-state index contributed by atoms with van der Waals surface area (Å²) in [6.45, 7) is 1.24. The Morgan fingerprint density at radius 1 is 1.22 bits per heavy atom. The number of hydrogen-bond acceptors (Lipinski definition) is 4. The molecule has 2 N–H and O–H groups in total. The first-order valence-electron chi connectivity index (χ1n) is 9.13. The average Bonchev–Trinajstić information content (AvgIpc) is 2.89. The molecule has 0 unspecified atom stereocenters. The molecule has 8 heteroatoms. The van der Waals surface area contributed by atoms with Crippen LogP contribution in [0.25, 0.3) is 0 Å². The lowest BCUT2D eigenvalue weighted by atomic mass is 9.74. The van der Waals surface area contributed by atoms with Gasteiger partial charge >= 0.3 is 6.03 Å². The van der Waals surface area contributed by atoms with Crippen molar-refractivity contribution in [2.24, 2.45) is 5.92 Å². The highest BCUT2D eigenvalue weighted by molar-refractivity contribution is 6.09. The van der Waals surface area contributed by atoms with Crippen molar-refractivity contribution in [1.82, 2.24) is 20.4 Å². The summed E-state index contributed by atoms with van der Waals surface area (Å²) in [4.78, 5) is 40.4. The molecule has 1 aromatic carbocycles. The molecule has 0 radical (unpaired) electrons. The summed E-state index contributed by atoms with van der Waals surface area (Å²) < 4.78 is 13.3. The predicted molar refractivity (Wildman–Crippen MR) is 97.4 cm³/mol. The van der Waals surface area contributed by atoms with Crippen LogP contribution in [0.3, 0.4) is 0 Å². The Hall–Kier alpha value is -2.48. The van der Waals surface area contributed by atoms with Crippen molar-refractivity contribution >= 4 is 17.8 Å². The molecule has 2 aliphatic rings. The number of likely N-dealkylation sites (N-methyl/N-ethyl adjacent to an activating group) is 1.